The fraction of sp³-hybridized carbons (Fsp3) is 0.464. The Morgan fingerprint density at radius 1 is 0.557 bits per heavy atom. The number of carbonyl (C=O) groups excluding carboxylic acids is 6. The van der Waals surface area contributed by atoms with Crippen molar-refractivity contribution in [3.8, 4) is 0 Å². The predicted octanol–water partition coefficient (Wildman–Crippen LogP) is 10.2. The van der Waals surface area contributed by atoms with E-state index in [4.69, 9.17) is 19.7 Å². The van der Waals surface area contributed by atoms with Gasteiger partial charge in [0.05, 0.1) is 6.42 Å². The zero-order chi connectivity index (χ0) is 52.6. The first-order valence-corrected chi connectivity index (χ1v) is 23.8. The number of aliphatic carboxylic acids is 2. The summed E-state index contributed by atoms with van der Waals surface area (Å²) in [5.74, 6) is -3.89. The molecule has 0 fully saturated rings. The summed E-state index contributed by atoms with van der Waals surface area (Å²) >= 11 is 0. The SMILES string of the molecule is CC1=C(/C=C/C(C)=C/C=C/C(C)=C/C=C/C=C(C)/C=C/C=C(C)/C=C/C2=C(C)C(=O)[C@@H](OC(=O)CNC(=O)NCCCC(=O)O)CC2(C)C)C(C)(C)C[C@H](OC(=O)CCC(=O)CCCCC(=O)O)C1=O. The number of rotatable bonds is 26. The van der Waals surface area contributed by atoms with E-state index < -0.39 is 59.5 Å². The predicted molar refractivity (Wildman–Crippen MR) is 271 cm³/mol. The summed E-state index contributed by atoms with van der Waals surface area (Å²) in [6, 6.07) is -0.633. The van der Waals surface area contributed by atoms with E-state index in [1.165, 1.54) is 0 Å². The Kier molecular flexibility index (Phi) is 24.9. The van der Waals surface area contributed by atoms with Crippen molar-refractivity contribution < 1.29 is 58.0 Å². The van der Waals surface area contributed by atoms with Crippen LogP contribution in [-0.4, -0.2) is 82.8 Å². The second kappa shape index (κ2) is 29.4. The van der Waals surface area contributed by atoms with Crippen LogP contribution in [0.15, 0.2) is 130 Å². The number of ketones is 3. The van der Waals surface area contributed by atoms with Crippen LogP contribution in [0, 0.1) is 10.8 Å². The Hall–Kier alpha value is -6.70. The minimum atomic E-state index is -0.978. The molecular formula is C56H74N2O12. The Balaban J connectivity index is 1.91. The van der Waals surface area contributed by atoms with E-state index in [2.05, 4.69) is 10.6 Å². The Labute approximate surface area is 413 Å². The maximum Gasteiger partial charge on any atom is 0.326 e. The van der Waals surface area contributed by atoms with E-state index in [-0.39, 0.29) is 68.8 Å². The number of nitrogens with one attached hydrogen (secondary N) is 2. The summed E-state index contributed by atoms with van der Waals surface area (Å²) in [5.41, 5.74) is 5.87. The molecule has 70 heavy (non-hydrogen) atoms. The molecule has 0 aliphatic heterocycles. The molecule has 2 aliphatic carbocycles. The second-order valence-electron chi connectivity index (χ2n) is 19.1. The van der Waals surface area contributed by atoms with Crippen molar-refractivity contribution in [1.82, 2.24) is 10.6 Å². The highest BCUT2D eigenvalue weighted by molar-refractivity contribution is 6.02. The molecule has 0 aromatic heterocycles. The third-order valence-corrected chi connectivity index (χ3v) is 11.8. The van der Waals surface area contributed by atoms with E-state index >= 15 is 0 Å². The summed E-state index contributed by atoms with van der Waals surface area (Å²) < 4.78 is 11.0. The molecule has 2 aliphatic rings. The van der Waals surface area contributed by atoms with Crippen molar-refractivity contribution in [2.75, 3.05) is 13.1 Å². The van der Waals surface area contributed by atoms with E-state index in [1.807, 2.05) is 140 Å². The third-order valence-electron chi connectivity index (χ3n) is 11.8. The molecule has 2 rings (SSSR count). The van der Waals surface area contributed by atoms with Crippen LogP contribution in [0.1, 0.15) is 133 Å². The fourth-order valence-electron chi connectivity index (χ4n) is 7.80. The van der Waals surface area contributed by atoms with E-state index in [0.29, 0.717) is 30.4 Å². The van der Waals surface area contributed by atoms with Gasteiger partial charge in [-0.3, -0.25) is 33.6 Å². The lowest BCUT2D eigenvalue weighted by atomic mass is 9.71. The standard InChI is InChI=1S/C56H74N2O12/c1-37(20-15-22-39(3)27-30-44-41(5)52(66)46(34-55(44,7)8)69-50(64)32-29-43(59)24-13-14-25-48(60)61)18-11-12-19-38(2)21-16-23-40(4)28-31-45-42(6)53(67)47(35-56(45,9)10)70-51(65)36-58-54(68)57-33-17-26-49(62)63/h11-12,15-16,18-23,27-28,30-31,46-47H,13-14,17,24-26,29,32-36H2,1-10H3,(H,60,61)(H,62,63)(H2,57,58,68)/b12-11+,20-15+,21-16+,30-27+,31-28+,37-18+,38-19+,39-22+,40-23+/t46-,47-/m0/s1. The van der Waals surface area contributed by atoms with Crippen LogP contribution in [0.25, 0.3) is 0 Å². The molecule has 0 saturated heterocycles. The van der Waals surface area contributed by atoms with Crippen LogP contribution in [0.4, 0.5) is 4.79 Å². The van der Waals surface area contributed by atoms with Crippen molar-refractivity contribution in [2.45, 2.75) is 146 Å². The molecular weight excluding hydrogens is 893 g/mol. The molecule has 4 N–H and O–H groups in total. The van der Waals surface area contributed by atoms with Gasteiger partial charge >= 0.3 is 29.9 Å². The number of carboxylic acid groups (broad SMARTS) is 2. The van der Waals surface area contributed by atoms with Gasteiger partial charge in [0.15, 0.2) is 23.8 Å². The molecule has 0 unspecified atom stereocenters. The van der Waals surface area contributed by atoms with Crippen LogP contribution in [0.3, 0.4) is 0 Å². The summed E-state index contributed by atoms with van der Waals surface area (Å²) in [6.45, 7) is 19.1. The van der Waals surface area contributed by atoms with Gasteiger partial charge in [0.2, 0.25) is 0 Å². The number of esters is 2. The van der Waals surface area contributed by atoms with Crippen molar-refractivity contribution in [1.29, 1.82) is 0 Å². The monoisotopic (exact) mass is 967 g/mol. The van der Waals surface area contributed by atoms with Gasteiger partial charge in [-0.25, -0.2) is 4.79 Å². The molecule has 2 amide bonds. The zero-order valence-corrected chi connectivity index (χ0v) is 42.7. The van der Waals surface area contributed by atoms with Crippen molar-refractivity contribution in [3.63, 3.8) is 0 Å². The van der Waals surface area contributed by atoms with Crippen LogP contribution in [0.2, 0.25) is 0 Å². The summed E-state index contributed by atoms with van der Waals surface area (Å²) in [5, 5.41) is 22.3. The zero-order valence-electron chi connectivity index (χ0n) is 42.7. The number of ether oxygens (including phenoxy) is 2. The molecule has 14 heteroatoms. The summed E-state index contributed by atoms with van der Waals surface area (Å²) in [7, 11) is 0. The lowest BCUT2D eigenvalue weighted by Gasteiger charge is -2.36. The number of hydrogen-bond donors (Lipinski definition) is 4. The minimum absolute atomic E-state index is 0.00236. The van der Waals surface area contributed by atoms with Gasteiger partial charge < -0.3 is 30.3 Å². The third kappa shape index (κ3) is 22.2. The van der Waals surface area contributed by atoms with Gasteiger partial charge in [0, 0.05) is 45.1 Å². The molecule has 380 valence electrons. The molecule has 0 radical (unpaired) electrons. The maximum atomic E-state index is 13.2. The number of unbranched alkanes of at least 4 members (excludes halogenated alkanes) is 1. The highest BCUT2D eigenvalue weighted by Crippen LogP contribution is 2.42. The maximum absolute atomic E-state index is 13.2. The first kappa shape index (κ1) is 59.4. The van der Waals surface area contributed by atoms with E-state index in [9.17, 15) is 38.4 Å². The molecule has 0 aromatic rings. The number of Topliss-reactive ketones (excluding diaryl/α,β-unsaturated/α-hetero) is 3. The van der Waals surface area contributed by atoms with Gasteiger partial charge in [-0.05, 0) is 93.9 Å². The molecule has 0 bridgehead atoms. The number of allylic oxidation sites excluding steroid dienone is 20. The number of amides is 2. The van der Waals surface area contributed by atoms with Crippen molar-refractivity contribution >= 4 is 47.3 Å². The number of carboxylic acids is 2. The number of hydrogen-bond acceptors (Lipinski definition) is 10. The smallest absolute Gasteiger partial charge is 0.326 e. The van der Waals surface area contributed by atoms with Crippen molar-refractivity contribution in [2.24, 2.45) is 10.8 Å². The van der Waals surface area contributed by atoms with Crippen LogP contribution in [-0.2, 0) is 43.0 Å². The molecule has 0 aromatic carbocycles. The normalized spacial score (nSPS) is 19.3. The van der Waals surface area contributed by atoms with E-state index in [0.717, 1.165) is 33.4 Å². The Bertz CT molecular complexity index is 2160. The highest BCUT2D eigenvalue weighted by Gasteiger charge is 2.41. The highest BCUT2D eigenvalue weighted by atomic mass is 16.6. The first-order valence-electron chi connectivity index (χ1n) is 23.8. The molecule has 0 spiro atoms. The van der Waals surface area contributed by atoms with Crippen molar-refractivity contribution in [3.05, 3.63) is 130 Å². The number of carbonyl (C=O) groups is 8. The summed E-state index contributed by atoms with van der Waals surface area (Å²) in [6.07, 6.45) is 27.4. The second-order valence-corrected chi connectivity index (χ2v) is 19.1. The number of urea groups is 1. The van der Waals surface area contributed by atoms with Crippen LogP contribution in [0.5, 0.6) is 0 Å². The van der Waals surface area contributed by atoms with Gasteiger partial charge in [0.25, 0.3) is 0 Å². The van der Waals surface area contributed by atoms with Gasteiger partial charge in [-0.2, -0.15) is 0 Å². The Morgan fingerprint density at radius 2 is 0.971 bits per heavy atom. The Morgan fingerprint density at radius 3 is 1.44 bits per heavy atom. The largest absolute Gasteiger partial charge is 0.481 e. The average molecular weight is 967 g/mol. The lowest BCUT2D eigenvalue weighted by molar-refractivity contribution is -0.156. The van der Waals surface area contributed by atoms with E-state index in [1.54, 1.807) is 13.8 Å². The van der Waals surface area contributed by atoms with Crippen LogP contribution < -0.4 is 10.6 Å². The quantitative estimate of drug-likeness (QED) is 0.0362. The molecule has 2 atom stereocenters. The van der Waals surface area contributed by atoms with Gasteiger partial charge in [-0.15, -0.1) is 0 Å². The molecule has 14 nitrogen and oxygen atoms in total. The molecule has 0 heterocycles. The van der Waals surface area contributed by atoms with Crippen LogP contribution >= 0.6 is 0 Å². The lowest BCUT2D eigenvalue weighted by Crippen LogP contribution is -2.43. The molecule has 0 saturated carbocycles. The summed E-state index contributed by atoms with van der Waals surface area (Å²) in [4.78, 5) is 96.7. The first-order chi connectivity index (χ1) is 32.8. The fourth-order valence-corrected chi connectivity index (χ4v) is 7.80. The average Bonchev–Trinajstić information content (AvgIpc) is 3.27. The van der Waals surface area contributed by atoms with Gasteiger partial charge in [0.1, 0.15) is 12.3 Å². The van der Waals surface area contributed by atoms with Gasteiger partial charge in [-0.1, -0.05) is 135 Å². The minimum Gasteiger partial charge on any atom is -0.481 e. The topological polar surface area (TPSA) is 220 Å².